The third-order valence-electron chi connectivity index (χ3n) is 3.68. The molecule has 23 heavy (non-hydrogen) atoms. The Morgan fingerprint density at radius 1 is 1.26 bits per heavy atom. The van der Waals surface area contributed by atoms with Crippen molar-refractivity contribution in [2.24, 2.45) is 0 Å². The topological polar surface area (TPSA) is 67.9 Å². The summed E-state index contributed by atoms with van der Waals surface area (Å²) in [5.74, 6) is 1.34. The van der Waals surface area contributed by atoms with Gasteiger partial charge in [-0.3, -0.25) is 9.78 Å². The summed E-state index contributed by atoms with van der Waals surface area (Å²) in [5, 5.41) is 0.538. The molecule has 0 spiro atoms. The number of H-pyrrole nitrogens is 1. The number of ether oxygens (including phenoxy) is 1. The van der Waals surface area contributed by atoms with Gasteiger partial charge in [-0.1, -0.05) is 19.1 Å². The molecule has 0 saturated carbocycles. The molecule has 0 aliphatic heterocycles. The Balaban J connectivity index is 1.98. The highest BCUT2D eigenvalue weighted by Crippen LogP contribution is 2.20. The molecule has 0 radical (unpaired) electrons. The van der Waals surface area contributed by atoms with Crippen molar-refractivity contribution in [3.8, 4) is 5.75 Å². The molecule has 2 aromatic heterocycles. The maximum Gasteiger partial charge on any atom is 0.259 e. The van der Waals surface area contributed by atoms with Crippen molar-refractivity contribution in [3.05, 3.63) is 64.0 Å². The Labute approximate surface area is 133 Å². The number of aryl methyl sites for hydroxylation is 1. The molecule has 0 amide bonds. The van der Waals surface area contributed by atoms with Crippen molar-refractivity contribution in [3.63, 3.8) is 0 Å². The zero-order chi connectivity index (χ0) is 16.2. The van der Waals surface area contributed by atoms with E-state index in [0.29, 0.717) is 16.7 Å². The van der Waals surface area contributed by atoms with Crippen molar-refractivity contribution >= 4 is 23.1 Å². The van der Waals surface area contributed by atoms with E-state index in [2.05, 4.69) is 21.9 Å². The van der Waals surface area contributed by atoms with E-state index in [1.165, 1.54) is 5.56 Å². The molecule has 0 unspecified atom stereocenters. The normalized spacial score (nSPS) is 11.2. The van der Waals surface area contributed by atoms with Gasteiger partial charge in [0.2, 0.25) is 0 Å². The number of aromatic amines is 1. The predicted octanol–water partition coefficient (Wildman–Crippen LogP) is 3.06. The lowest BCUT2D eigenvalue weighted by Gasteiger charge is -2.06. The van der Waals surface area contributed by atoms with Gasteiger partial charge in [-0.25, -0.2) is 4.98 Å². The maximum atomic E-state index is 12.0. The highest BCUT2D eigenvalue weighted by atomic mass is 16.5. The predicted molar refractivity (Wildman–Crippen MR) is 91.5 cm³/mol. The number of rotatable bonds is 4. The van der Waals surface area contributed by atoms with Crippen LogP contribution >= 0.6 is 0 Å². The number of hydrogen-bond donors (Lipinski definition) is 1. The molecule has 5 nitrogen and oxygen atoms in total. The van der Waals surface area contributed by atoms with E-state index >= 15 is 0 Å². The van der Waals surface area contributed by atoms with Gasteiger partial charge in [0.1, 0.15) is 11.6 Å². The van der Waals surface area contributed by atoms with Crippen molar-refractivity contribution < 1.29 is 4.74 Å². The molecule has 2 heterocycles. The van der Waals surface area contributed by atoms with E-state index in [1.54, 1.807) is 31.6 Å². The SMILES string of the molecule is CCc1cc(OC)ccc1C=Cc1nc2cnccc2c(=O)[nH]1. The van der Waals surface area contributed by atoms with Gasteiger partial charge in [0.05, 0.1) is 24.2 Å². The van der Waals surface area contributed by atoms with Gasteiger partial charge in [-0.05, 0) is 41.8 Å². The smallest absolute Gasteiger partial charge is 0.259 e. The Kier molecular flexibility index (Phi) is 4.19. The fourth-order valence-electron chi connectivity index (χ4n) is 2.43. The number of nitrogens with one attached hydrogen (secondary N) is 1. The van der Waals surface area contributed by atoms with Crippen LogP contribution in [0.3, 0.4) is 0 Å². The van der Waals surface area contributed by atoms with E-state index in [0.717, 1.165) is 17.7 Å². The maximum absolute atomic E-state index is 12.0. The van der Waals surface area contributed by atoms with Crippen LogP contribution in [-0.2, 0) is 6.42 Å². The average Bonchev–Trinajstić information content (AvgIpc) is 2.60. The lowest BCUT2D eigenvalue weighted by Crippen LogP contribution is -2.09. The summed E-state index contributed by atoms with van der Waals surface area (Å²) in [6.45, 7) is 2.09. The van der Waals surface area contributed by atoms with Crippen molar-refractivity contribution in [2.75, 3.05) is 7.11 Å². The van der Waals surface area contributed by atoms with Crippen LogP contribution in [0.5, 0.6) is 5.75 Å². The van der Waals surface area contributed by atoms with Crippen LogP contribution in [0.25, 0.3) is 23.1 Å². The van der Waals surface area contributed by atoms with Gasteiger partial charge in [0, 0.05) is 6.20 Å². The first-order valence-corrected chi connectivity index (χ1v) is 7.40. The molecule has 1 aromatic carbocycles. The lowest BCUT2D eigenvalue weighted by molar-refractivity contribution is 0.414. The zero-order valence-corrected chi connectivity index (χ0v) is 13.0. The molecule has 0 aliphatic rings. The van der Waals surface area contributed by atoms with Crippen LogP contribution < -0.4 is 10.3 Å². The first kappa shape index (κ1) is 15.0. The van der Waals surface area contributed by atoms with E-state index in [-0.39, 0.29) is 5.56 Å². The largest absolute Gasteiger partial charge is 0.497 e. The average molecular weight is 307 g/mol. The summed E-state index contributed by atoms with van der Waals surface area (Å²) in [5.41, 5.74) is 2.66. The number of methoxy groups -OCH3 is 1. The highest BCUT2D eigenvalue weighted by Gasteiger charge is 2.03. The molecular weight excluding hydrogens is 290 g/mol. The standard InChI is InChI=1S/C18H17N3O2/c1-3-12-10-14(23-2)6-4-13(12)5-7-17-20-16-11-19-9-8-15(16)18(22)21-17/h4-11H,3H2,1-2H3,(H,20,21,22). The molecule has 3 aromatic rings. The molecule has 0 atom stereocenters. The summed E-state index contributed by atoms with van der Waals surface area (Å²) >= 11 is 0. The van der Waals surface area contributed by atoms with Gasteiger partial charge in [-0.2, -0.15) is 0 Å². The number of benzene rings is 1. The zero-order valence-electron chi connectivity index (χ0n) is 13.0. The molecule has 1 N–H and O–H groups in total. The van der Waals surface area contributed by atoms with E-state index < -0.39 is 0 Å². The van der Waals surface area contributed by atoms with Gasteiger partial charge < -0.3 is 9.72 Å². The molecular formula is C18H17N3O2. The first-order chi connectivity index (χ1) is 11.2. The number of pyridine rings is 1. The molecule has 0 aliphatic carbocycles. The van der Waals surface area contributed by atoms with E-state index in [4.69, 9.17) is 4.74 Å². The Morgan fingerprint density at radius 2 is 2.13 bits per heavy atom. The summed E-state index contributed by atoms with van der Waals surface area (Å²) in [6.07, 6.45) is 7.81. The molecule has 0 bridgehead atoms. The number of fused-ring (bicyclic) bond motifs is 1. The third kappa shape index (κ3) is 3.13. The molecule has 5 heteroatoms. The summed E-state index contributed by atoms with van der Waals surface area (Å²) in [6, 6.07) is 7.58. The third-order valence-corrected chi connectivity index (χ3v) is 3.68. The monoisotopic (exact) mass is 307 g/mol. The molecule has 0 fully saturated rings. The fourth-order valence-corrected chi connectivity index (χ4v) is 2.43. The van der Waals surface area contributed by atoms with Gasteiger partial charge >= 0.3 is 0 Å². The van der Waals surface area contributed by atoms with Gasteiger partial charge in [0.25, 0.3) is 5.56 Å². The van der Waals surface area contributed by atoms with Gasteiger partial charge in [-0.15, -0.1) is 0 Å². The van der Waals surface area contributed by atoms with Gasteiger partial charge in [0.15, 0.2) is 0 Å². The summed E-state index contributed by atoms with van der Waals surface area (Å²) < 4.78 is 5.25. The number of hydrogen-bond acceptors (Lipinski definition) is 4. The second-order valence-electron chi connectivity index (χ2n) is 5.10. The highest BCUT2D eigenvalue weighted by molar-refractivity contribution is 5.78. The summed E-state index contributed by atoms with van der Waals surface area (Å²) in [7, 11) is 1.65. The van der Waals surface area contributed by atoms with E-state index in [9.17, 15) is 4.79 Å². The second-order valence-corrected chi connectivity index (χ2v) is 5.10. The van der Waals surface area contributed by atoms with Crippen LogP contribution in [0, 0.1) is 0 Å². The Morgan fingerprint density at radius 3 is 2.91 bits per heavy atom. The molecule has 116 valence electrons. The molecule has 3 rings (SSSR count). The minimum atomic E-state index is -0.164. The van der Waals surface area contributed by atoms with Crippen LogP contribution in [0.15, 0.2) is 41.5 Å². The fraction of sp³-hybridized carbons (Fsp3) is 0.167. The summed E-state index contributed by atoms with van der Waals surface area (Å²) in [4.78, 5) is 23.2. The first-order valence-electron chi connectivity index (χ1n) is 7.40. The Hall–Kier alpha value is -2.95. The minimum absolute atomic E-state index is 0.164. The second kappa shape index (κ2) is 6.44. The molecule has 0 saturated heterocycles. The van der Waals surface area contributed by atoms with E-state index in [1.807, 2.05) is 24.3 Å². The van der Waals surface area contributed by atoms with Crippen LogP contribution in [0.4, 0.5) is 0 Å². The van der Waals surface area contributed by atoms with Crippen molar-refractivity contribution in [2.45, 2.75) is 13.3 Å². The van der Waals surface area contributed by atoms with Crippen LogP contribution in [0.2, 0.25) is 0 Å². The number of nitrogens with zero attached hydrogens (tertiary/aromatic N) is 2. The van der Waals surface area contributed by atoms with Crippen LogP contribution in [0.1, 0.15) is 23.9 Å². The van der Waals surface area contributed by atoms with Crippen LogP contribution in [-0.4, -0.2) is 22.1 Å². The Bertz CT molecular complexity index is 929. The van der Waals surface area contributed by atoms with Crippen molar-refractivity contribution in [1.29, 1.82) is 0 Å². The quantitative estimate of drug-likeness (QED) is 0.804. The minimum Gasteiger partial charge on any atom is -0.497 e. The van der Waals surface area contributed by atoms with Crippen molar-refractivity contribution in [1.82, 2.24) is 15.0 Å². The lowest BCUT2D eigenvalue weighted by atomic mass is 10.0. The number of aromatic nitrogens is 3.